The molecule has 0 atom stereocenters. The molecular weight excluding hydrogens is 278 g/mol. The number of thiazole rings is 1. The third-order valence-electron chi connectivity index (χ3n) is 3.16. The Labute approximate surface area is 129 Å². The van der Waals surface area contributed by atoms with E-state index in [0.717, 1.165) is 32.2 Å². The van der Waals surface area contributed by atoms with E-state index < -0.39 is 0 Å². The highest BCUT2D eigenvalue weighted by Gasteiger charge is 2.07. The lowest BCUT2D eigenvalue weighted by Crippen LogP contribution is -1.91. The van der Waals surface area contributed by atoms with Crippen LogP contribution in [-0.2, 0) is 0 Å². The molecule has 0 saturated carbocycles. The van der Waals surface area contributed by atoms with Crippen molar-refractivity contribution in [3.05, 3.63) is 42.0 Å². The number of nitrogen functional groups attached to an aromatic ring is 1. The maximum Gasteiger partial charge on any atom is 0.124 e. The molecule has 3 nitrogen and oxygen atoms in total. The molecule has 0 aliphatic carbocycles. The average Bonchev–Trinajstić information content (AvgIpc) is 2.92. The lowest BCUT2D eigenvalue weighted by molar-refractivity contribution is 1.39. The highest BCUT2D eigenvalue weighted by Crippen LogP contribution is 2.32. The lowest BCUT2D eigenvalue weighted by atomic mass is 10.1. The van der Waals surface area contributed by atoms with Crippen molar-refractivity contribution in [1.29, 1.82) is 0 Å². The second-order valence-electron chi connectivity index (χ2n) is 4.53. The summed E-state index contributed by atoms with van der Waals surface area (Å²) >= 11 is 1.68. The third-order valence-corrected chi connectivity index (χ3v) is 4.22. The monoisotopic (exact) mass is 299 g/mol. The molecule has 1 aromatic heterocycles. The van der Waals surface area contributed by atoms with Gasteiger partial charge in [0.1, 0.15) is 5.01 Å². The van der Waals surface area contributed by atoms with Crippen LogP contribution in [0.1, 0.15) is 19.4 Å². The minimum atomic E-state index is 0.782. The maximum atomic E-state index is 5.80. The zero-order chi connectivity index (χ0) is 15.4. The Morgan fingerprint density at radius 2 is 1.86 bits per heavy atom. The van der Waals surface area contributed by atoms with Gasteiger partial charge in [0.25, 0.3) is 0 Å². The average molecular weight is 299 g/mol. The van der Waals surface area contributed by atoms with Crippen molar-refractivity contribution in [2.45, 2.75) is 20.8 Å². The molecule has 0 bridgehead atoms. The molecule has 3 aromatic rings. The Balaban J connectivity index is 0.000000774. The molecule has 1 heterocycles. The number of fused-ring (bicyclic) bond motifs is 1. The number of nitrogens with two attached hydrogens (primary N) is 1. The summed E-state index contributed by atoms with van der Waals surface area (Å²) in [7, 11) is 1.93. The molecule has 0 spiro atoms. The fourth-order valence-corrected chi connectivity index (χ4v) is 3.15. The molecule has 0 saturated heterocycles. The van der Waals surface area contributed by atoms with Crippen LogP contribution in [0.4, 0.5) is 11.4 Å². The van der Waals surface area contributed by atoms with Gasteiger partial charge >= 0.3 is 0 Å². The van der Waals surface area contributed by atoms with Gasteiger partial charge in [-0.25, -0.2) is 4.98 Å². The predicted octanol–water partition coefficient (Wildman–Crippen LogP) is 4.92. The molecule has 0 unspecified atom stereocenters. The van der Waals surface area contributed by atoms with Crippen LogP contribution in [0.15, 0.2) is 36.4 Å². The van der Waals surface area contributed by atoms with E-state index in [4.69, 9.17) is 5.73 Å². The number of anilines is 2. The van der Waals surface area contributed by atoms with Crippen LogP contribution in [0.2, 0.25) is 0 Å². The van der Waals surface area contributed by atoms with Gasteiger partial charge in [0.15, 0.2) is 0 Å². The number of rotatable bonds is 2. The first kappa shape index (κ1) is 15.3. The third kappa shape index (κ3) is 3.16. The van der Waals surface area contributed by atoms with Crippen LogP contribution in [0.25, 0.3) is 20.8 Å². The molecular formula is C17H21N3S. The number of hydrogen-bond acceptors (Lipinski definition) is 4. The molecule has 4 heteroatoms. The van der Waals surface area contributed by atoms with E-state index in [2.05, 4.69) is 35.4 Å². The van der Waals surface area contributed by atoms with Crippen molar-refractivity contribution in [1.82, 2.24) is 4.98 Å². The van der Waals surface area contributed by atoms with Crippen molar-refractivity contribution in [3.63, 3.8) is 0 Å². The molecule has 0 fully saturated rings. The molecule has 3 rings (SSSR count). The van der Waals surface area contributed by atoms with Gasteiger partial charge in [-0.15, -0.1) is 11.3 Å². The first-order chi connectivity index (χ1) is 10.2. The zero-order valence-electron chi connectivity index (χ0n) is 12.9. The van der Waals surface area contributed by atoms with E-state index in [-0.39, 0.29) is 0 Å². The summed E-state index contributed by atoms with van der Waals surface area (Å²) in [6, 6.07) is 12.2. The van der Waals surface area contributed by atoms with Crippen LogP contribution < -0.4 is 11.1 Å². The largest absolute Gasteiger partial charge is 0.399 e. The van der Waals surface area contributed by atoms with Crippen LogP contribution in [0.5, 0.6) is 0 Å². The normalized spacial score (nSPS) is 10.1. The van der Waals surface area contributed by atoms with Crippen molar-refractivity contribution in [2.24, 2.45) is 0 Å². The Morgan fingerprint density at radius 3 is 2.52 bits per heavy atom. The molecule has 0 aliphatic heterocycles. The van der Waals surface area contributed by atoms with Crippen LogP contribution >= 0.6 is 11.3 Å². The van der Waals surface area contributed by atoms with Gasteiger partial charge in [0.05, 0.1) is 10.2 Å². The van der Waals surface area contributed by atoms with E-state index >= 15 is 0 Å². The summed E-state index contributed by atoms with van der Waals surface area (Å²) in [4.78, 5) is 4.66. The summed E-state index contributed by atoms with van der Waals surface area (Å²) in [5, 5.41) is 4.21. The van der Waals surface area contributed by atoms with Crippen molar-refractivity contribution in [3.8, 4) is 10.6 Å². The van der Waals surface area contributed by atoms with Crippen molar-refractivity contribution < 1.29 is 0 Å². The molecule has 0 radical (unpaired) electrons. The summed E-state index contributed by atoms with van der Waals surface area (Å²) in [6.45, 7) is 6.10. The van der Waals surface area contributed by atoms with Crippen LogP contribution in [0, 0.1) is 6.92 Å². The minimum absolute atomic E-state index is 0.782. The fraction of sp³-hybridized carbons (Fsp3) is 0.235. The van der Waals surface area contributed by atoms with Crippen LogP contribution in [-0.4, -0.2) is 12.0 Å². The Morgan fingerprint density at radius 1 is 1.10 bits per heavy atom. The molecule has 110 valence electrons. The van der Waals surface area contributed by atoms with E-state index in [0.29, 0.717) is 0 Å². The van der Waals surface area contributed by atoms with E-state index in [1.54, 1.807) is 11.3 Å². The van der Waals surface area contributed by atoms with Gasteiger partial charge in [-0.3, -0.25) is 0 Å². The maximum absolute atomic E-state index is 5.80. The van der Waals surface area contributed by atoms with E-state index in [1.807, 2.05) is 39.1 Å². The second-order valence-corrected chi connectivity index (χ2v) is 5.56. The quantitative estimate of drug-likeness (QED) is 0.660. The van der Waals surface area contributed by atoms with Gasteiger partial charge in [-0.05, 0) is 48.9 Å². The van der Waals surface area contributed by atoms with Gasteiger partial charge < -0.3 is 11.1 Å². The molecule has 3 N–H and O–H groups in total. The zero-order valence-corrected chi connectivity index (χ0v) is 13.7. The summed E-state index contributed by atoms with van der Waals surface area (Å²) < 4.78 is 1.13. The first-order valence-corrected chi connectivity index (χ1v) is 7.94. The number of hydrogen-bond donors (Lipinski definition) is 2. The summed E-state index contributed by atoms with van der Waals surface area (Å²) in [6.07, 6.45) is 0. The Bertz CT molecular complexity index is 747. The van der Waals surface area contributed by atoms with E-state index in [1.165, 1.54) is 5.56 Å². The molecule has 21 heavy (non-hydrogen) atoms. The van der Waals surface area contributed by atoms with Gasteiger partial charge in [0.2, 0.25) is 0 Å². The smallest absolute Gasteiger partial charge is 0.124 e. The van der Waals surface area contributed by atoms with Crippen molar-refractivity contribution >= 4 is 32.9 Å². The standard InChI is InChI=1S/C15H15N3S.C2H6/c1-9-7-10(3-5-12(9)17-2)15-18-13-6-4-11(16)8-14(13)19-15;1-2/h3-8,17H,16H2,1-2H3;1-2H3. The SMILES string of the molecule is CC.CNc1ccc(-c2nc3ccc(N)cc3s2)cc1C. The van der Waals surface area contributed by atoms with Gasteiger partial charge in [0, 0.05) is 24.0 Å². The van der Waals surface area contributed by atoms with E-state index in [9.17, 15) is 0 Å². The Kier molecular flexibility index (Phi) is 4.81. The number of aryl methyl sites for hydroxylation is 1. The topological polar surface area (TPSA) is 50.9 Å². The second kappa shape index (κ2) is 6.59. The fourth-order valence-electron chi connectivity index (χ4n) is 2.14. The minimum Gasteiger partial charge on any atom is -0.399 e. The highest BCUT2D eigenvalue weighted by molar-refractivity contribution is 7.21. The number of aromatic nitrogens is 1. The number of nitrogens with one attached hydrogen (secondary N) is 1. The Hall–Kier alpha value is -2.07. The van der Waals surface area contributed by atoms with Crippen molar-refractivity contribution in [2.75, 3.05) is 18.1 Å². The number of nitrogens with zero attached hydrogens (tertiary/aromatic N) is 1. The lowest BCUT2D eigenvalue weighted by Gasteiger charge is -2.05. The molecule has 0 amide bonds. The van der Waals surface area contributed by atoms with Crippen LogP contribution in [0.3, 0.4) is 0 Å². The summed E-state index contributed by atoms with van der Waals surface area (Å²) in [5.74, 6) is 0. The molecule has 0 aliphatic rings. The van der Waals surface area contributed by atoms with Gasteiger partial charge in [-0.2, -0.15) is 0 Å². The highest BCUT2D eigenvalue weighted by atomic mass is 32.1. The molecule has 2 aromatic carbocycles. The van der Waals surface area contributed by atoms with Gasteiger partial charge in [-0.1, -0.05) is 13.8 Å². The predicted molar refractivity (Wildman–Crippen MR) is 95.1 cm³/mol. The summed E-state index contributed by atoms with van der Waals surface area (Å²) in [5.41, 5.74) is 11.1. The number of benzene rings is 2. The first-order valence-electron chi connectivity index (χ1n) is 7.12.